The van der Waals surface area contributed by atoms with Crippen LogP contribution in [0.1, 0.15) is 30.0 Å². The van der Waals surface area contributed by atoms with Crippen molar-refractivity contribution in [1.29, 1.82) is 0 Å². The van der Waals surface area contributed by atoms with E-state index in [4.69, 9.17) is 4.42 Å². The second kappa shape index (κ2) is 8.41. The number of hydrogen-bond donors (Lipinski definition) is 1. The van der Waals surface area contributed by atoms with Gasteiger partial charge >= 0.3 is 0 Å². The van der Waals surface area contributed by atoms with Crippen molar-refractivity contribution in [2.24, 2.45) is 7.05 Å². The lowest BCUT2D eigenvalue weighted by Gasteiger charge is -2.13. The normalized spacial score (nSPS) is 12.4. The molecule has 30 heavy (non-hydrogen) atoms. The molecule has 0 spiro atoms. The molecule has 3 heterocycles. The van der Waals surface area contributed by atoms with Crippen LogP contribution in [0.5, 0.6) is 0 Å². The van der Waals surface area contributed by atoms with Gasteiger partial charge in [-0.15, -0.1) is 10.2 Å². The van der Waals surface area contributed by atoms with Crippen molar-refractivity contribution >= 4 is 11.8 Å². The molecule has 1 atom stereocenters. The minimum Gasteiger partial charge on any atom is -0.453 e. The molecule has 4 aromatic rings. The molecule has 0 saturated heterocycles. The van der Waals surface area contributed by atoms with Gasteiger partial charge in [0, 0.05) is 30.4 Å². The summed E-state index contributed by atoms with van der Waals surface area (Å²) < 4.78 is 36.4. The number of rotatable bonds is 7. The highest BCUT2D eigenvalue weighted by atomic mass is 32.2. The van der Waals surface area contributed by atoms with E-state index in [0.29, 0.717) is 6.54 Å². The lowest BCUT2D eigenvalue weighted by atomic mass is 10.1. The zero-order chi connectivity index (χ0) is 21.3. The van der Waals surface area contributed by atoms with Crippen molar-refractivity contribution in [3.8, 4) is 5.69 Å². The van der Waals surface area contributed by atoms with Crippen molar-refractivity contribution in [1.82, 2.24) is 29.9 Å². The van der Waals surface area contributed by atoms with Crippen LogP contribution in [0.3, 0.4) is 0 Å². The maximum atomic E-state index is 14.1. The molecule has 4 rings (SSSR count). The van der Waals surface area contributed by atoms with Gasteiger partial charge in [0.25, 0.3) is 0 Å². The van der Waals surface area contributed by atoms with Gasteiger partial charge in [0.05, 0.1) is 12.7 Å². The van der Waals surface area contributed by atoms with E-state index in [2.05, 4.69) is 20.6 Å². The van der Waals surface area contributed by atoms with E-state index in [1.807, 2.05) is 37.6 Å². The number of aryl methyl sites for hydroxylation is 1. The number of halogens is 2. The van der Waals surface area contributed by atoms with Crippen LogP contribution >= 0.6 is 11.8 Å². The van der Waals surface area contributed by atoms with Crippen LogP contribution in [-0.4, -0.2) is 24.5 Å². The molecule has 0 aliphatic heterocycles. The maximum absolute atomic E-state index is 14.1. The van der Waals surface area contributed by atoms with E-state index in [9.17, 15) is 8.78 Å². The Bertz CT molecular complexity index is 1170. The van der Waals surface area contributed by atoms with Crippen molar-refractivity contribution in [2.75, 3.05) is 0 Å². The van der Waals surface area contributed by atoms with Gasteiger partial charge in [-0.05, 0) is 49.9 Å². The van der Waals surface area contributed by atoms with Gasteiger partial charge in [-0.1, -0.05) is 0 Å². The maximum Gasteiger partial charge on any atom is 0.198 e. The third kappa shape index (κ3) is 4.14. The molecule has 0 aliphatic carbocycles. The Morgan fingerprint density at radius 1 is 1.23 bits per heavy atom. The van der Waals surface area contributed by atoms with Gasteiger partial charge in [0.1, 0.15) is 23.6 Å². The van der Waals surface area contributed by atoms with E-state index in [0.717, 1.165) is 33.3 Å². The Morgan fingerprint density at radius 3 is 2.80 bits per heavy atom. The number of benzene rings is 1. The van der Waals surface area contributed by atoms with Gasteiger partial charge in [-0.2, -0.15) is 5.10 Å². The van der Waals surface area contributed by atoms with E-state index < -0.39 is 11.6 Å². The Labute approximate surface area is 176 Å². The van der Waals surface area contributed by atoms with Crippen molar-refractivity contribution in [3.63, 3.8) is 0 Å². The van der Waals surface area contributed by atoms with Gasteiger partial charge in [-0.25, -0.2) is 13.5 Å². The summed E-state index contributed by atoms with van der Waals surface area (Å²) in [4.78, 5) is 0. The summed E-state index contributed by atoms with van der Waals surface area (Å²) in [7, 11) is 1.87. The average Bonchev–Trinajstić information content (AvgIpc) is 3.42. The Hall–Kier alpha value is -2.98. The molecular weight excluding hydrogens is 410 g/mol. The number of aromatic nitrogens is 5. The van der Waals surface area contributed by atoms with Crippen LogP contribution in [0.4, 0.5) is 8.78 Å². The topological polar surface area (TPSA) is 73.7 Å². The van der Waals surface area contributed by atoms with E-state index in [1.54, 1.807) is 12.5 Å². The number of hydrogen-bond acceptors (Lipinski definition) is 6. The summed E-state index contributed by atoms with van der Waals surface area (Å²) in [6, 6.07) is 7.19. The Kier molecular flexibility index (Phi) is 5.69. The quantitative estimate of drug-likeness (QED) is 0.474. The fraction of sp³-hybridized carbons (Fsp3) is 0.250. The monoisotopic (exact) mass is 430 g/mol. The molecule has 3 aromatic heterocycles. The average molecular weight is 430 g/mol. The lowest BCUT2D eigenvalue weighted by molar-refractivity contribution is 0.405. The molecule has 0 saturated carbocycles. The van der Waals surface area contributed by atoms with E-state index >= 15 is 0 Å². The van der Waals surface area contributed by atoms with E-state index in [-0.39, 0.29) is 11.7 Å². The number of nitrogens with zero attached hydrogens (tertiary/aromatic N) is 5. The van der Waals surface area contributed by atoms with Crippen molar-refractivity contribution < 1.29 is 13.2 Å². The number of furan rings is 1. The fourth-order valence-corrected chi connectivity index (χ4v) is 3.81. The second-order valence-electron chi connectivity index (χ2n) is 6.84. The molecule has 1 unspecified atom stereocenters. The minimum absolute atomic E-state index is 0.0535. The zero-order valence-electron chi connectivity index (χ0n) is 16.6. The van der Waals surface area contributed by atoms with Crippen LogP contribution in [0.2, 0.25) is 0 Å². The van der Waals surface area contributed by atoms with Crippen molar-refractivity contribution in [2.45, 2.75) is 36.7 Å². The van der Waals surface area contributed by atoms with Crippen LogP contribution in [0.15, 0.2) is 57.5 Å². The summed E-state index contributed by atoms with van der Waals surface area (Å²) in [5.74, 6) is -0.496. The third-order valence-corrected chi connectivity index (χ3v) is 5.71. The lowest BCUT2D eigenvalue weighted by Crippen LogP contribution is -2.18. The first-order chi connectivity index (χ1) is 14.4. The predicted octanol–water partition coefficient (Wildman–Crippen LogP) is 4.18. The first kappa shape index (κ1) is 20.3. The summed E-state index contributed by atoms with van der Waals surface area (Å²) >= 11 is 1.40. The smallest absolute Gasteiger partial charge is 0.198 e. The second-order valence-corrected chi connectivity index (χ2v) is 7.81. The van der Waals surface area contributed by atoms with Crippen molar-refractivity contribution in [3.05, 3.63) is 71.5 Å². The predicted molar refractivity (Wildman–Crippen MR) is 107 cm³/mol. The van der Waals surface area contributed by atoms with Crippen LogP contribution in [0.25, 0.3) is 5.69 Å². The SMILES string of the molecule is Cc1c(C(C)NCc2ccc(Sc3nncn3C)o2)cnn1-c1ccc(F)cc1F. The summed E-state index contributed by atoms with van der Waals surface area (Å²) in [5.41, 5.74) is 1.90. The van der Waals surface area contributed by atoms with Gasteiger partial charge in [-0.3, -0.25) is 0 Å². The molecule has 0 aliphatic rings. The number of nitrogens with one attached hydrogen (secondary N) is 1. The molecule has 0 radical (unpaired) electrons. The highest BCUT2D eigenvalue weighted by molar-refractivity contribution is 7.99. The molecule has 7 nitrogen and oxygen atoms in total. The van der Waals surface area contributed by atoms with Gasteiger partial charge in [0.15, 0.2) is 16.1 Å². The van der Waals surface area contributed by atoms with Crippen LogP contribution in [-0.2, 0) is 13.6 Å². The third-order valence-electron chi connectivity index (χ3n) is 4.73. The molecule has 156 valence electrons. The molecule has 1 N–H and O–H groups in total. The highest BCUT2D eigenvalue weighted by Gasteiger charge is 2.17. The molecule has 10 heteroatoms. The molecule has 1 aromatic carbocycles. The molecular formula is C20H20F2N6OS. The first-order valence-corrected chi connectivity index (χ1v) is 10.1. The van der Waals surface area contributed by atoms with Gasteiger partial charge < -0.3 is 14.3 Å². The largest absolute Gasteiger partial charge is 0.453 e. The highest BCUT2D eigenvalue weighted by Crippen LogP contribution is 2.28. The van der Waals surface area contributed by atoms with Crippen LogP contribution in [0, 0.1) is 18.6 Å². The Balaban J connectivity index is 1.42. The standard InChI is InChI=1S/C20H20F2N6OS/c1-12(16-10-25-28(13(16)2)18-6-4-14(21)8-17(18)22)23-9-15-5-7-19(29-15)30-20-26-24-11-27(20)3/h4-8,10-12,23H,9H2,1-3H3. The fourth-order valence-electron chi connectivity index (χ4n) is 3.07. The summed E-state index contributed by atoms with van der Waals surface area (Å²) in [5, 5.41) is 17.0. The van der Waals surface area contributed by atoms with E-state index in [1.165, 1.54) is 28.6 Å². The van der Waals surface area contributed by atoms with Crippen LogP contribution < -0.4 is 5.32 Å². The zero-order valence-corrected chi connectivity index (χ0v) is 17.5. The Morgan fingerprint density at radius 2 is 2.07 bits per heavy atom. The summed E-state index contributed by atoms with van der Waals surface area (Å²) in [6.07, 6.45) is 3.32. The summed E-state index contributed by atoms with van der Waals surface area (Å²) in [6.45, 7) is 4.36. The molecule has 0 amide bonds. The molecule has 0 bridgehead atoms. The first-order valence-electron chi connectivity index (χ1n) is 9.26. The van der Waals surface area contributed by atoms with Gasteiger partial charge in [0.2, 0.25) is 0 Å². The minimum atomic E-state index is -0.656. The molecule has 0 fully saturated rings.